The number of hydrogen-bond donors (Lipinski definition) is 2. The van der Waals surface area contributed by atoms with Gasteiger partial charge in [-0.25, -0.2) is 0 Å². The molecule has 3 atom stereocenters. The largest absolute Gasteiger partial charge is 0.350 e. The molecule has 0 aromatic heterocycles. The molecule has 7 heteroatoms. The summed E-state index contributed by atoms with van der Waals surface area (Å²) in [6, 6.07) is 0.432. The summed E-state index contributed by atoms with van der Waals surface area (Å²) in [7, 11) is 0. The Kier molecular flexibility index (Phi) is 6.43. The summed E-state index contributed by atoms with van der Waals surface area (Å²) < 4.78 is 0. The smallest absolute Gasteiger partial charge is 0.246 e. The molecule has 2 N–H and O–H groups in total. The maximum absolute atomic E-state index is 12.8. The summed E-state index contributed by atoms with van der Waals surface area (Å²) in [6.07, 6.45) is 6.75. The number of allylic oxidation sites excluding steroid dienone is 1. The van der Waals surface area contributed by atoms with Crippen molar-refractivity contribution in [1.82, 2.24) is 20.4 Å². The highest BCUT2D eigenvalue weighted by molar-refractivity contribution is 5.94. The van der Waals surface area contributed by atoms with Crippen LogP contribution in [0.5, 0.6) is 0 Å². The minimum Gasteiger partial charge on any atom is -0.350 e. The number of nitrogens with zero attached hydrogens (tertiary/aromatic N) is 2. The number of rotatable bonds is 5. The highest BCUT2D eigenvalue weighted by atomic mass is 16.2. The number of carbonyl (C=O) groups is 3. The molecule has 2 saturated heterocycles. The predicted octanol–water partition coefficient (Wildman–Crippen LogP) is 1.19. The van der Waals surface area contributed by atoms with Crippen molar-refractivity contribution in [3.05, 3.63) is 11.6 Å². The number of amides is 3. The van der Waals surface area contributed by atoms with Gasteiger partial charge in [0.15, 0.2) is 0 Å². The standard InChI is InChI=1S/C21H34N4O3/c1-4-15(2)14-19(27)25-12-10-24(11-13-25)17-7-5-6-16(17)22-20(28)21(3)9-8-18(26)23-21/h14,16-17H,4-13H2,1-3H3,(H,22,28)(H,23,26)/b15-14+/t16-,17+,21?/m0/s1. The summed E-state index contributed by atoms with van der Waals surface area (Å²) in [5.74, 6) is -0.00168. The molecule has 1 unspecified atom stereocenters. The third-order valence-corrected chi connectivity index (χ3v) is 6.59. The van der Waals surface area contributed by atoms with Crippen LogP contribution < -0.4 is 10.6 Å². The molecule has 1 saturated carbocycles. The molecule has 7 nitrogen and oxygen atoms in total. The number of hydrogen-bond acceptors (Lipinski definition) is 4. The quantitative estimate of drug-likeness (QED) is 0.691. The number of nitrogens with one attached hydrogen (secondary N) is 2. The molecule has 2 aliphatic heterocycles. The zero-order valence-corrected chi connectivity index (χ0v) is 17.4. The van der Waals surface area contributed by atoms with Gasteiger partial charge in [-0.15, -0.1) is 0 Å². The molecule has 0 aromatic carbocycles. The first-order chi connectivity index (χ1) is 13.3. The molecule has 3 amide bonds. The van der Waals surface area contributed by atoms with E-state index in [0.717, 1.165) is 57.4 Å². The zero-order valence-electron chi connectivity index (χ0n) is 17.4. The first kappa shape index (κ1) is 20.8. The topological polar surface area (TPSA) is 81.8 Å². The molecular weight excluding hydrogens is 356 g/mol. The van der Waals surface area contributed by atoms with Crippen LogP contribution >= 0.6 is 0 Å². The zero-order chi connectivity index (χ0) is 20.3. The van der Waals surface area contributed by atoms with Crippen molar-refractivity contribution in [1.29, 1.82) is 0 Å². The van der Waals surface area contributed by atoms with Gasteiger partial charge in [0, 0.05) is 50.8 Å². The summed E-state index contributed by atoms with van der Waals surface area (Å²) in [4.78, 5) is 41.0. The van der Waals surface area contributed by atoms with Gasteiger partial charge < -0.3 is 15.5 Å². The van der Waals surface area contributed by atoms with Gasteiger partial charge in [0.25, 0.3) is 0 Å². The van der Waals surface area contributed by atoms with Gasteiger partial charge in [0.1, 0.15) is 5.54 Å². The molecular formula is C21H34N4O3. The molecule has 0 radical (unpaired) electrons. The van der Waals surface area contributed by atoms with E-state index < -0.39 is 5.54 Å². The van der Waals surface area contributed by atoms with E-state index in [-0.39, 0.29) is 23.8 Å². The van der Waals surface area contributed by atoms with Crippen LogP contribution in [-0.4, -0.2) is 71.3 Å². The molecule has 156 valence electrons. The van der Waals surface area contributed by atoms with Gasteiger partial charge in [-0.05, 0) is 46.0 Å². The Balaban J connectivity index is 1.54. The summed E-state index contributed by atoms with van der Waals surface area (Å²) in [5, 5.41) is 6.03. The van der Waals surface area contributed by atoms with E-state index in [1.54, 1.807) is 6.08 Å². The average molecular weight is 391 g/mol. The van der Waals surface area contributed by atoms with E-state index in [0.29, 0.717) is 18.9 Å². The van der Waals surface area contributed by atoms with Gasteiger partial charge in [0.05, 0.1) is 0 Å². The Labute approximate surface area is 167 Å². The van der Waals surface area contributed by atoms with E-state index in [2.05, 4.69) is 22.5 Å². The van der Waals surface area contributed by atoms with Crippen LogP contribution in [0, 0.1) is 0 Å². The van der Waals surface area contributed by atoms with Crippen molar-refractivity contribution in [3.63, 3.8) is 0 Å². The second kappa shape index (κ2) is 8.64. The van der Waals surface area contributed by atoms with Crippen molar-refractivity contribution in [2.75, 3.05) is 26.2 Å². The summed E-state index contributed by atoms with van der Waals surface area (Å²) in [5.41, 5.74) is 0.331. The molecule has 3 aliphatic rings. The predicted molar refractivity (Wildman–Crippen MR) is 108 cm³/mol. The molecule has 0 spiro atoms. The molecule has 28 heavy (non-hydrogen) atoms. The lowest BCUT2D eigenvalue weighted by atomic mass is 9.98. The Morgan fingerprint density at radius 3 is 2.57 bits per heavy atom. The SMILES string of the molecule is CC/C(C)=C/C(=O)N1CCN([C@@H]2CCC[C@@H]2NC(=O)C2(C)CCC(=O)N2)CC1. The van der Waals surface area contributed by atoms with Crippen LogP contribution in [0.1, 0.15) is 59.3 Å². The van der Waals surface area contributed by atoms with Crippen LogP contribution in [0.2, 0.25) is 0 Å². The van der Waals surface area contributed by atoms with Gasteiger partial charge >= 0.3 is 0 Å². The Morgan fingerprint density at radius 2 is 1.96 bits per heavy atom. The van der Waals surface area contributed by atoms with Gasteiger partial charge in [-0.3, -0.25) is 19.3 Å². The summed E-state index contributed by atoms with van der Waals surface area (Å²) in [6.45, 7) is 9.02. The first-order valence-electron chi connectivity index (χ1n) is 10.6. The molecule has 3 rings (SSSR count). The monoisotopic (exact) mass is 390 g/mol. The average Bonchev–Trinajstić information content (AvgIpc) is 3.28. The van der Waals surface area contributed by atoms with Crippen LogP contribution in [0.15, 0.2) is 11.6 Å². The minimum absolute atomic E-state index is 0.0474. The summed E-state index contributed by atoms with van der Waals surface area (Å²) >= 11 is 0. The van der Waals surface area contributed by atoms with Crippen LogP contribution in [0.4, 0.5) is 0 Å². The van der Waals surface area contributed by atoms with Gasteiger partial charge in [0.2, 0.25) is 17.7 Å². The molecule has 0 bridgehead atoms. The Bertz CT molecular complexity index is 654. The van der Waals surface area contributed by atoms with Gasteiger partial charge in [-0.1, -0.05) is 12.5 Å². The fourth-order valence-corrected chi connectivity index (χ4v) is 4.52. The molecule has 1 aliphatic carbocycles. The minimum atomic E-state index is -0.779. The van der Waals surface area contributed by atoms with Crippen molar-refractivity contribution in [2.45, 2.75) is 76.9 Å². The second-order valence-corrected chi connectivity index (χ2v) is 8.66. The number of carbonyl (C=O) groups excluding carboxylic acids is 3. The Morgan fingerprint density at radius 1 is 1.25 bits per heavy atom. The third kappa shape index (κ3) is 4.57. The normalized spacial score (nSPS) is 31.8. The van der Waals surface area contributed by atoms with Gasteiger partial charge in [-0.2, -0.15) is 0 Å². The van der Waals surface area contributed by atoms with Crippen molar-refractivity contribution < 1.29 is 14.4 Å². The molecule has 0 aromatic rings. The van der Waals surface area contributed by atoms with Crippen molar-refractivity contribution in [3.8, 4) is 0 Å². The first-order valence-corrected chi connectivity index (χ1v) is 10.6. The van der Waals surface area contributed by atoms with E-state index in [9.17, 15) is 14.4 Å². The van der Waals surface area contributed by atoms with Crippen molar-refractivity contribution >= 4 is 17.7 Å². The van der Waals surface area contributed by atoms with Crippen molar-refractivity contribution in [2.24, 2.45) is 0 Å². The maximum atomic E-state index is 12.8. The highest BCUT2D eigenvalue weighted by Crippen LogP contribution is 2.27. The third-order valence-electron chi connectivity index (χ3n) is 6.59. The lowest BCUT2D eigenvalue weighted by Gasteiger charge is -2.40. The maximum Gasteiger partial charge on any atom is 0.246 e. The Hall–Kier alpha value is -1.89. The van der Waals surface area contributed by atoms with E-state index >= 15 is 0 Å². The molecule has 2 heterocycles. The lowest BCUT2D eigenvalue weighted by Crippen LogP contribution is -2.60. The fourth-order valence-electron chi connectivity index (χ4n) is 4.52. The van der Waals surface area contributed by atoms with E-state index in [1.807, 2.05) is 18.7 Å². The van der Waals surface area contributed by atoms with E-state index in [4.69, 9.17) is 0 Å². The van der Waals surface area contributed by atoms with Crippen LogP contribution in [0.25, 0.3) is 0 Å². The molecule has 3 fully saturated rings. The highest BCUT2D eigenvalue weighted by Gasteiger charge is 2.43. The lowest BCUT2D eigenvalue weighted by molar-refractivity contribution is -0.130. The van der Waals surface area contributed by atoms with Crippen LogP contribution in [0.3, 0.4) is 0 Å². The number of piperazine rings is 1. The second-order valence-electron chi connectivity index (χ2n) is 8.66. The van der Waals surface area contributed by atoms with E-state index in [1.165, 1.54) is 0 Å². The van der Waals surface area contributed by atoms with Crippen LogP contribution in [-0.2, 0) is 14.4 Å². The fraction of sp³-hybridized carbons (Fsp3) is 0.762.